The van der Waals surface area contributed by atoms with Crippen molar-refractivity contribution in [2.75, 3.05) is 0 Å². The number of carbonyl (C=O) groups excluding carboxylic acids is 3. The molecule has 0 saturated heterocycles. The molecule has 0 aliphatic heterocycles. The number of aldehydes is 1. The number of phenolic OH excluding ortho intramolecular Hbond substituents is 2. The summed E-state index contributed by atoms with van der Waals surface area (Å²) in [5.41, 5.74) is 0.452. The fraction of sp³-hybridized carbons (Fsp3) is 0.267. The molecule has 104 valence electrons. The molecule has 0 fully saturated rings. The number of fused-ring (bicyclic) bond motifs is 1. The number of Topliss-reactive ketones (excluding diaryl/α,β-unsaturated/α-hetero) is 2. The van der Waals surface area contributed by atoms with Gasteiger partial charge in [0, 0.05) is 16.7 Å². The van der Waals surface area contributed by atoms with Gasteiger partial charge in [-0.2, -0.15) is 0 Å². The fourth-order valence-electron chi connectivity index (χ4n) is 2.45. The molecule has 1 aliphatic rings. The Kier molecular flexibility index (Phi) is 3.21. The molecule has 0 bridgehead atoms. The highest BCUT2D eigenvalue weighted by atomic mass is 16.3. The molecule has 0 atom stereocenters. The maximum Gasteiger partial charge on any atom is 0.234 e. The van der Waals surface area contributed by atoms with Gasteiger partial charge in [0.05, 0.1) is 5.56 Å². The molecule has 1 aromatic rings. The van der Waals surface area contributed by atoms with Crippen LogP contribution >= 0.6 is 0 Å². The van der Waals surface area contributed by atoms with E-state index in [0.717, 1.165) is 0 Å². The lowest BCUT2D eigenvalue weighted by Crippen LogP contribution is -2.23. The minimum absolute atomic E-state index is 0.130. The molecule has 0 heterocycles. The van der Waals surface area contributed by atoms with Gasteiger partial charge < -0.3 is 10.2 Å². The molecule has 2 rings (SSSR count). The van der Waals surface area contributed by atoms with E-state index < -0.39 is 23.1 Å². The number of ketones is 2. The molecule has 0 saturated carbocycles. The van der Waals surface area contributed by atoms with E-state index in [9.17, 15) is 24.6 Å². The van der Waals surface area contributed by atoms with E-state index in [1.807, 2.05) is 0 Å². The lowest BCUT2D eigenvalue weighted by molar-refractivity contribution is -0.111. The van der Waals surface area contributed by atoms with Crippen LogP contribution in [-0.4, -0.2) is 28.1 Å². The number of carbonyl (C=O) groups is 3. The van der Waals surface area contributed by atoms with Crippen LogP contribution in [0.4, 0.5) is 0 Å². The van der Waals surface area contributed by atoms with Crippen LogP contribution in [0.2, 0.25) is 0 Å². The Morgan fingerprint density at radius 1 is 1.10 bits per heavy atom. The normalized spacial score (nSPS) is 14.3. The van der Waals surface area contributed by atoms with Crippen LogP contribution in [0.15, 0.2) is 5.57 Å². The summed E-state index contributed by atoms with van der Waals surface area (Å²) < 4.78 is 0. The number of hydrogen-bond donors (Lipinski definition) is 2. The predicted molar refractivity (Wildman–Crippen MR) is 72.2 cm³/mol. The summed E-state index contributed by atoms with van der Waals surface area (Å²) in [7, 11) is 0. The Bertz CT molecular complexity index is 680. The summed E-state index contributed by atoms with van der Waals surface area (Å²) >= 11 is 0. The Balaban J connectivity index is 3.01. The van der Waals surface area contributed by atoms with Gasteiger partial charge in [-0.3, -0.25) is 14.4 Å². The topological polar surface area (TPSA) is 91.7 Å². The first-order valence-corrected chi connectivity index (χ1v) is 6.15. The zero-order valence-corrected chi connectivity index (χ0v) is 11.4. The van der Waals surface area contributed by atoms with Crippen molar-refractivity contribution < 1.29 is 24.6 Å². The molecule has 20 heavy (non-hydrogen) atoms. The van der Waals surface area contributed by atoms with Crippen LogP contribution in [0.5, 0.6) is 11.5 Å². The van der Waals surface area contributed by atoms with E-state index in [4.69, 9.17) is 0 Å². The number of rotatable bonds is 2. The standard InChI is InChI=1S/C15H14O5/c1-6(2)10-8-4-7(3)12(17)15(20)11(8)9(5-16)13(18)14(10)19/h4-6,18-19H,1-3H3. The molecule has 1 aliphatic carbocycles. The maximum absolute atomic E-state index is 12.1. The van der Waals surface area contributed by atoms with Crippen LogP contribution in [0.3, 0.4) is 0 Å². The summed E-state index contributed by atoms with van der Waals surface area (Å²) in [5, 5.41) is 19.9. The van der Waals surface area contributed by atoms with Crippen molar-refractivity contribution in [1.82, 2.24) is 0 Å². The Labute approximate surface area is 115 Å². The van der Waals surface area contributed by atoms with Crippen LogP contribution in [-0.2, 0) is 4.79 Å². The zero-order valence-electron chi connectivity index (χ0n) is 11.4. The largest absolute Gasteiger partial charge is 0.504 e. The third kappa shape index (κ3) is 1.74. The first-order chi connectivity index (χ1) is 9.31. The lowest BCUT2D eigenvalue weighted by Gasteiger charge is -2.22. The van der Waals surface area contributed by atoms with Gasteiger partial charge in [0.2, 0.25) is 11.6 Å². The second-order valence-corrected chi connectivity index (χ2v) is 5.07. The highest BCUT2D eigenvalue weighted by Gasteiger charge is 2.34. The lowest BCUT2D eigenvalue weighted by atomic mass is 9.81. The molecular weight excluding hydrogens is 260 g/mol. The number of benzene rings is 1. The summed E-state index contributed by atoms with van der Waals surface area (Å²) in [4.78, 5) is 35.0. The van der Waals surface area contributed by atoms with Gasteiger partial charge in [-0.25, -0.2) is 0 Å². The van der Waals surface area contributed by atoms with Gasteiger partial charge in [-0.15, -0.1) is 0 Å². The van der Waals surface area contributed by atoms with E-state index in [1.54, 1.807) is 13.8 Å². The second kappa shape index (κ2) is 4.59. The Morgan fingerprint density at radius 2 is 1.70 bits per heavy atom. The van der Waals surface area contributed by atoms with Gasteiger partial charge >= 0.3 is 0 Å². The van der Waals surface area contributed by atoms with Gasteiger partial charge in [-0.05, 0) is 24.5 Å². The van der Waals surface area contributed by atoms with Gasteiger partial charge in [0.15, 0.2) is 17.8 Å². The third-order valence-electron chi connectivity index (χ3n) is 3.41. The minimum Gasteiger partial charge on any atom is -0.504 e. The fourth-order valence-corrected chi connectivity index (χ4v) is 2.45. The summed E-state index contributed by atoms with van der Waals surface area (Å²) in [5.74, 6) is -2.82. The molecule has 5 nitrogen and oxygen atoms in total. The highest BCUT2D eigenvalue weighted by molar-refractivity contribution is 6.52. The van der Waals surface area contributed by atoms with Crippen molar-refractivity contribution in [3.05, 3.63) is 27.8 Å². The SMILES string of the molecule is CC1=Cc2c(c(C=O)c(O)c(O)c2C(C)C)C(=O)C1=O. The molecular formula is C15H14O5. The quantitative estimate of drug-likeness (QED) is 0.490. The summed E-state index contributed by atoms with van der Waals surface area (Å²) in [6, 6.07) is 0. The number of phenols is 2. The van der Waals surface area contributed by atoms with Crippen LogP contribution < -0.4 is 0 Å². The summed E-state index contributed by atoms with van der Waals surface area (Å²) in [6.45, 7) is 5.05. The van der Waals surface area contributed by atoms with E-state index in [0.29, 0.717) is 11.1 Å². The van der Waals surface area contributed by atoms with E-state index >= 15 is 0 Å². The van der Waals surface area contributed by atoms with Crippen molar-refractivity contribution in [2.45, 2.75) is 26.7 Å². The van der Waals surface area contributed by atoms with E-state index in [2.05, 4.69) is 0 Å². The second-order valence-electron chi connectivity index (χ2n) is 5.07. The highest BCUT2D eigenvalue weighted by Crippen LogP contribution is 2.43. The average molecular weight is 274 g/mol. The van der Waals surface area contributed by atoms with Gasteiger partial charge in [-0.1, -0.05) is 13.8 Å². The molecule has 0 unspecified atom stereocenters. The molecule has 2 N–H and O–H groups in total. The Hall–Kier alpha value is -2.43. The molecule has 1 aromatic carbocycles. The maximum atomic E-state index is 12.1. The third-order valence-corrected chi connectivity index (χ3v) is 3.41. The first-order valence-electron chi connectivity index (χ1n) is 6.15. The van der Waals surface area contributed by atoms with Crippen LogP contribution in [0.1, 0.15) is 58.5 Å². The van der Waals surface area contributed by atoms with Crippen LogP contribution in [0, 0.1) is 0 Å². The molecule has 0 spiro atoms. The number of allylic oxidation sites excluding steroid dienone is 1. The molecule has 0 aromatic heterocycles. The van der Waals surface area contributed by atoms with Gasteiger partial charge in [0.1, 0.15) is 0 Å². The van der Waals surface area contributed by atoms with E-state index in [-0.39, 0.29) is 28.9 Å². The number of aromatic hydroxyl groups is 2. The smallest absolute Gasteiger partial charge is 0.234 e. The van der Waals surface area contributed by atoms with Crippen molar-refractivity contribution in [3.8, 4) is 11.5 Å². The number of hydrogen-bond acceptors (Lipinski definition) is 5. The first kappa shape index (κ1) is 14.0. The monoisotopic (exact) mass is 274 g/mol. The van der Waals surface area contributed by atoms with Gasteiger partial charge in [0.25, 0.3) is 0 Å². The molecule has 5 heteroatoms. The Morgan fingerprint density at radius 3 is 2.20 bits per heavy atom. The van der Waals surface area contributed by atoms with Crippen molar-refractivity contribution in [2.24, 2.45) is 0 Å². The van der Waals surface area contributed by atoms with Crippen molar-refractivity contribution >= 4 is 23.9 Å². The summed E-state index contributed by atoms with van der Waals surface area (Å²) in [6.07, 6.45) is 1.75. The molecule has 0 radical (unpaired) electrons. The zero-order chi connectivity index (χ0) is 15.2. The van der Waals surface area contributed by atoms with E-state index in [1.165, 1.54) is 13.0 Å². The molecule has 0 amide bonds. The average Bonchev–Trinajstić information content (AvgIpc) is 2.38. The van der Waals surface area contributed by atoms with Crippen molar-refractivity contribution in [1.29, 1.82) is 0 Å². The predicted octanol–water partition coefficient (Wildman–Crippen LogP) is 2.20. The van der Waals surface area contributed by atoms with Crippen LogP contribution in [0.25, 0.3) is 6.08 Å². The van der Waals surface area contributed by atoms with Crippen molar-refractivity contribution in [3.63, 3.8) is 0 Å². The minimum atomic E-state index is -0.834.